The standard InChI is InChI=1S/C15H20BF2O3/c1-13(2,19)14(3,4)21-16-10-5-6-12-11(9-10)15(17,18)7-8-20-12/h5-6,9,19H,7-8H2,1-4H3. The van der Waals surface area contributed by atoms with Gasteiger partial charge >= 0.3 is 7.48 Å². The van der Waals surface area contributed by atoms with E-state index in [2.05, 4.69) is 0 Å². The van der Waals surface area contributed by atoms with E-state index in [1.165, 1.54) is 19.6 Å². The Labute approximate surface area is 124 Å². The molecule has 0 aromatic heterocycles. The largest absolute Gasteiger partial charge is 0.493 e. The van der Waals surface area contributed by atoms with E-state index in [9.17, 15) is 13.9 Å². The number of aliphatic hydroxyl groups is 1. The number of alkyl halides is 2. The minimum atomic E-state index is -2.89. The number of halogens is 2. The minimum Gasteiger partial charge on any atom is -0.493 e. The highest BCUT2D eigenvalue weighted by atomic mass is 19.3. The summed E-state index contributed by atoms with van der Waals surface area (Å²) in [4.78, 5) is 0. The van der Waals surface area contributed by atoms with Gasteiger partial charge in [0.1, 0.15) is 5.75 Å². The molecular weight excluding hydrogens is 277 g/mol. The van der Waals surface area contributed by atoms with Crippen LogP contribution in [-0.4, -0.2) is 30.4 Å². The SMILES string of the molecule is CC(C)(O)C(C)(C)O[B]c1ccc2c(c1)C(F)(F)CCO2. The quantitative estimate of drug-likeness (QED) is 0.867. The summed E-state index contributed by atoms with van der Waals surface area (Å²) in [6.45, 7) is 6.76. The van der Waals surface area contributed by atoms with E-state index in [-0.39, 0.29) is 24.3 Å². The summed E-state index contributed by atoms with van der Waals surface area (Å²) in [5.74, 6) is -2.67. The van der Waals surface area contributed by atoms with Gasteiger partial charge in [-0.05, 0) is 33.8 Å². The Bertz CT molecular complexity index is 524. The summed E-state index contributed by atoms with van der Waals surface area (Å²) in [6, 6.07) is 4.55. The zero-order valence-electron chi connectivity index (χ0n) is 12.7. The predicted molar refractivity (Wildman–Crippen MR) is 77.3 cm³/mol. The topological polar surface area (TPSA) is 38.7 Å². The molecule has 0 aliphatic carbocycles. The molecule has 1 aromatic carbocycles. The molecule has 3 nitrogen and oxygen atoms in total. The molecule has 0 spiro atoms. The molecule has 0 amide bonds. The highest BCUT2D eigenvalue weighted by Gasteiger charge is 2.39. The lowest BCUT2D eigenvalue weighted by Crippen LogP contribution is -2.49. The molecule has 1 N–H and O–H groups in total. The number of rotatable bonds is 4. The van der Waals surface area contributed by atoms with Crippen molar-refractivity contribution in [3.05, 3.63) is 23.8 Å². The zero-order chi connectivity index (χ0) is 15.9. The van der Waals surface area contributed by atoms with E-state index in [0.717, 1.165) is 0 Å². The number of hydrogen-bond acceptors (Lipinski definition) is 3. The lowest BCUT2D eigenvalue weighted by molar-refractivity contribution is -0.0893. The van der Waals surface area contributed by atoms with E-state index >= 15 is 0 Å². The molecule has 115 valence electrons. The molecule has 0 atom stereocenters. The van der Waals surface area contributed by atoms with Crippen molar-refractivity contribution in [2.45, 2.75) is 51.2 Å². The smallest absolute Gasteiger partial charge is 0.330 e. The Hall–Kier alpha value is -1.14. The summed E-state index contributed by atoms with van der Waals surface area (Å²) < 4.78 is 38.5. The van der Waals surface area contributed by atoms with Gasteiger partial charge in [-0.25, -0.2) is 8.78 Å². The minimum absolute atomic E-state index is 0.0191. The van der Waals surface area contributed by atoms with Gasteiger partial charge in [-0.2, -0.15) is 0 Å². The molecule has 1 aliphatic rings. The van der Waals surface area contributed by atoms with Crippen LogP contribution in [0.2, 0.25) is 0 Å². The highest BCUT2D eigenvalue weighted by molar-refractivity contribution is 6.47. The van der Waals surface area contributed by atoms with Crippen LogP contribution < -0.4 is 10.2 Å². The van der Waals surface area contributed by atoms with Crippen LogP contribution >= 0.6 is 0 Å². The van der Waals surface area contributed by atoms with Gasteiger partial charge in [0.2, 0.25) is 0 Å². The Kier molecular flexibility index (Phi) is 4.06. The lowest BCUT2D eigenvalue weighted by atomic mass is 9.81. The fraction of sp³-hybridized carbons (Fsp3) is 0.600. The van der Waals surface area contributed by atoms with Crippen molar-refractivity contribution in [3.8, 4) is 5.75 Å². The third kappa shape index (κ3) is 3.38. The first-order valence-corrected chi connectivity index (χ1v) is 6.91. The molecule has 1 aromatic rings. The fourth-order valence-electron chi connectivity index (χ4n) is 1.82. The normalized spacial score (nSPS) is 17.9. The van der Waals surface area contributed by atoms with E-state index < -0.39 is 17.1 Å². The predicted octanol–water partition coefficient (Wildman–Crippen LogP) is 2.37. The maximum Gasteiger partial charge on any atom is 0.330 e. The Morgan fingerprint density at radius 1 is 1.29 bits per heavy atom. The van der Waals surface area contributed by atoms with Crippen molar-refractivity contribution in [1.29, 1.82) is 0 Å². The van der Waals surface area contributed by atoms with Crippen molar-refractivity contribution in [2.24, 2.45) is 0 Å². The molecular formula is C15H20BF2O3. The highest BCUT2D eigenvalue weighted by Crippen LogP contribution is 2.40. The third-order valence-corrected chi connectivity index (χ3v) is 4.03. The zero-order valence-corrected chi connectivity index (χ0v) is 12.7. The van der Waals surface area contributed by atoms with Crippen molar-refractivity contribution in [1.82, 2.24) is 0 Å². The average Bonchev–Trinajstić information content (AvgIpc) is 2.35. The number of ether oxygens (including phenoxy) is 1. The van der Waals surface area contributed by atoms with Crippen molar-refractivity contribution >= 4 is 12.9 Å². The molecule has 2 rings (SSSR count). The monoisotopic (exact) mass is 297 g/mol. The molecule has 1 heterocycles. The van der Waals surface area contributed by atoms with Gasteiger partial charge in [-0.3, -0.25) is 0 Å². The number of benzene rings is 1. The summed E-state index contributed by atoms with van der Waals surface area (Å²) >= 11 is 0. The molecule has 1 aliphatic heterocycles. The number of hydrogen-bond donors (Lipinski definition) is 1. The second-order valence-corrected chi connectivity index (χ2v) is 6.36. The van der Waals surface area contributed by atoms with Crippen LogP contribution in [0.3, 0.4) is 0 Å². The fourth-order valence-corrected chi connectivity index (χ4v) is 1.82. The first-order valence-electron chi connectivity index (χ1n) is 6.91. The first kappa shape index (κ1) is 16.2. The van der Waals surface area contributed by atoms with Gasteiger partial charge in [-0.1, -0.05) is 17.6 Å². The summed E-state index contributed by atoms with van der Waals surface area (Å²) in [7, 11) is 1.39. The van der Waals surface area contributed by atoms with Crippen LogP contribution in [0.25, 0.3) is 0 Å². The second kappa shape index (κ2) is 5.25. The van der Waals surface area contributed by atoms with E-state index in [1.54, 1.807) is 33.8 Å². The molecule has 0 unspecified atom stereocenters. The van der Waals surface area contributed by atoms with Crippen LogP contribution in [0.4, 0.5) is 8.78 Å². The summed E-state index contributed by atoms with van der Waals surface area (Å²) in [5.41, 5.74) is -1.52. The molecule has 6 heteroatoms. The van der Waals surface area contributed by atoms with Crippen molar-refractivity contribution in [3.63, 3.8) is 0 Å². The van der Waals surface area contributed by atoms with Gasteiger partial charge in [0.25, 0.3) is 5.92 Å². The van der Waals surface area contributed by atoms with E-state index in [0.29, 0.717) is 5.46 Å². The molecule has 21 heavy (non-hydrogen) atoms. The molecule has 1 radical (unpaired) electrons. The maximum absolute atomic E-state index is 13.9. The Morgan fingerprint density at radius 2 is 1.95 bits per heavy atom. The third-order valence-electron chi connectivity index (χ3n) is 4.03. The summed E-state index contributed by atoms with van der Waals surface area (Å²) in [5, 5.41) is 10.0. The van der Waals surface area contributed by atoms with E-state index in [4.69, 9.17) is 9.39 Å². The van der Waals surface area contributed by atoms with Crippen LogP contribution in [0, 0.1) is 0 Å². The number of fused-ring (bicyclic) bond motifs is 1. The molecule has 0 fully saturated rings. The van der Waals surface area contributed by atoms with Crippen LogP contribution in [0.1, 0.15) is 39.7 Å². The molecule has 0 saturated carbocycles. The van der Waals surface area contributed by atoms with E-state index in [1.807, 2.05) is 0 Å². The van der Waals surface area contributed by atoms with Gasteiger partial charge < -0.3 is 14.5 Å². The van der Waals surface area contributed by atoms with Crippen LogP contribution in [0.5, 0.6) is 5.75 Å². The van der Waals surface area contributed by atoms with Crippen LogP contribution in [0.15, 0.2) is 18.2 Å². The van der Waals surface area contributed by atoms with Crippen molar-refractivity contribution in [2.75, 3.05) is 6.61 Å². The molecule has 0 saturated heterocycles. The first-order chi connectivity index (χ1) is 9.53. The van der Waals surface area contributed by atoms with Gasteiger partial charge in [0.05, 0.1) is 29.8 Å². The summed E-state index contributed by atoms with van der Waals surface area (Å²) in [6.07, 6.45) is -0.320. The van der Waals surface area contributed by atoms with Crippen LogP contribution in [-0.2, 0) is 10.6 Å². The second-order valence-electron chi connectivity index (χ2n) is 6.36. The lowest BCUT2D eigenvalue weighted by Gasteiger charge is -2.37. The molecule has 0 bridgehead atoms. The van der Waals surface area contributed by atoms with Gasteiger partial charge in [0.15, 0.2) is 0 Å². The average molecular weight is 297 g/mol. The van der Waals surface area contributed by atoms with Crippen molar-refractivity contribution < 1.29 is 23.3 Å². The Morgan fingerprint density at radius 3 is 2.57 bits per heavy atom. The van der Waals surface area contributed by atoms with Gasteiger partial charge in [0, 0.05) is 0 Å². The maximum atomic E-state index is 13.9. The Balaban J connectivity index is 2.16. The van der Waals surface area contributed by atoms with Gasteiger partial charge in [-0.15, -0.1) is 0 Å².